The fourth-order valence-electron chi connectivity index (χ4n) is 8.61. The standard InChI is InChI=1S/C37H68N2O13/c1-14-25-37(10,45)30(41)20(4)27(38-46)18(2)16-35(8,44)32(52-34-28(40)24(39(11)12)15-19(3)48-34)21(5)29(22(6)33(43)50-25)51-26-17-36(9,47-13)31(42)23(7)49-26/h18-26,28-32,34,40-42,44-46H,14-17H2,1-13H3/b38-27+/t18-,19-,20+,21+,22-,23+,24+,25-,26+,28-,29+,30-,31+,32-,34+,35+,36-,37+/m1/s1. The lowest BCUT2D eigenvalue weighted by atomic mass is 9.73. The van der Waals surface area contributed by atoms with Gasteiger partial charge in [0, 0.05) is 37.3 Å². The van der Waals surface area contributed by atoms with Crippen LogP contribution >= 0.6 is 0 Å². The first-order valence-electron chi connectivity index (χ1n) is 18.7. The van der Waals surface area contributed by atoms with Gasteiger partial charge < -0.3 is 64.1 Å². The Kier molecular flexibility index (Phi) is 15.1. The Hall–Kier alpha value is -1.50. The summed E-state index contributed by atoms with van der Waals surface area (Å²) in [5, 5.41) is 71.8. The Bertz CT molecular complexity index is 1200. The molecule has 52 heavy (non-hydrogen) atoms. The van der Waals surface area contributed by atoms with E-state index in [0.717, 1.165) is 0 Å². The number of aliphatic hydroxyl groups excluding tert-OH is 3. The van der Waals surface area contributed by atoms with Crippen LogP contribution in [0.5, 0.6) is 0 Å². The minimum Gasteiger partial charge on any atom is -0.459 e. The van der Waals surface area contributed by atoms with Crippen molar-refractivity contribution in [3.63, 3.8) is 0 Å². The van der Waals surface area contributed by atoms with Crippen LogP contribution in [-0.4, -0.2) is 153 Å². The molecule has 3 rings (SSSR count). The number of likely N-dealkylation sites (N-methyl/N-ethyl adjacent to an activating group) is 1. The van der Waals surface area contributed by atoms with Gasteiger partial charge in [-0.25, -0.2) is 0 Å². The van der Waals surface area contributed by atoms with Gasteiger partial charge in [-0.05, 0) is 74.9 Å². The van der Waals surface area contributed by atoms with Crippen LogP contribution in [0.1, 0.15) is 94.9 Å². The number of cyclic esters (lactones) is 1. The van der Waals surface area contributed by atoms with E-state index < -0.39 is 102 Å². The largest absolute Gasteiger partial charge is 0.459 e. The molecule has 0 spiro atoms. The lowest BCUT2D eigenvalue weighted by molar-refractivity contribution is -0.317. The van der Waals surface area contributed by atoms with Crippen LogP contribution < -0.4 is 0 Å². The number of carbonyl (C=O) groups is 1. The minimum absolute atomic E-state index is 0.0657. The molecule has 3 fully saturated rings. The lowest BCUT2D eigenvalue weighted by Crippen LogP contribution is -2.61. The molecule has 3 aliphatic rings. The van der Waals surface area contributed by atoms with Crippen molar-refractivity contribution in [3.8, 4) is 0 Å². The van der Waals surface area contributed by atoms with E-state index in [1.165, 1.54) is 14.0 Å². The third-order valence-corrected chi connectivity index (χ3v) is 12.0. The highest BCUT2D eigenvalue weighted by atomic mass is 16.7. The summed E-state index contributed by atoms with van der Waals surface area (Å²) in [6.07, 6.45) is -9.51. The number of carbonyl (C=O) groups excluding carboxylic acids is 1. The third-order valence-electron chi connectivity index (χ3n) is 12.0. The number of aliphatic hydroxyl groups is 5. The summed E-state index contributed by atoms with van der Waals surface area (Å²) in [5.41, 5.74) is -4.68. The Morgan fingerprint density at radius 1 is 0.923 bits per heavy atom. The van der Waals surface area contributed by atoms with Gasteiger partial charge in [-0.1, -0.05) is 32.9 Å². The summed E-state index contributed by atoms with van der Waals surface area (Å²) >= 11 is 0. The van der Waals surface area contributed by atoms with Crippen molar-refractivity contribution in [2.75, 3.05) is 21.2 Å². The normalized spacial score (nSPS) is 49.8. The summed E-state index contributed by atoms with van der Waals surface area (Å²) < 4.78 is 37.2. The second-order valence-corrected chi connectivity index (χ2v) is 16.6. The topological polar surface area (TPSA) is 209 Å². The zero-order chi connectivity index (χ0) is 39.7. The van der Waals surface area contributed by atoms with Crippen LogP contribution in [0, 0.1) is 23.7 Å². The van der Waals surface area contributed by atoms with Gasteiger partial charge >= 0.3 is 5.97 Å². The number of esters is 1. The van der Waals surface area contributed by atoms with Crippen LogP contribution in [0.3, 0.4) is 0 Å². The summed E-state index contributed by atoms with van der Waals surface area (Å²) in [5.74, 6) is -4.24. The van der Waals surface area contributed by atoms with E-state index in [4.69, 9.17) is 28.4 Å². The van der Waals surface area contributed by atoms with E-state index in [1.807, 2.05) is 25.9 Å². The van der Waals surface area contributed by atoms with Crippen LogP contribution in [0.4, 0.5) is 0 Å². The molecule has 6 N–H and O–H groups in total. The molecule has 0 aromatic rings. The predicted molar refractivity (Wildman–Crippen MR) is 190 cm³/mol. The number of hydrogen-bond donors (Lipinski definition) is 6. The molecule has 0 radical (unpaired) electrons. The number of hydrogen-bond acceptors (Lipinski definition) is 15. The zero-order valence-electron chi connectivity index (χ0n) is 33.4. The summed E-state index contributed by atoms with van der Waals surface area (Å²) in [6, 6.07) is -0.322. The van der Waals surface area contributed by atoms with Gasteiger partial charge in [-0.3, -0.25) is 4.79 Å². The SMILES string of the molecule is CC[C@H]1OC(=O)[C@H](C)[C@@H](O[C@H]2C[C@@](C)(OC)[C@@H](O)[C@H](C)O2)[C@H](C)[C@@H](O[C@@H]2O[C@H](C)C[C@H](N(C)C)[C@H]2O)[C@@](C)(O)C[C@@H](C)/C(=N\O)[C@H](C)[C@@H](O)[C@@]1(C)O. The summed E-state index contributed by atoms with van der Waals surface area (Å²) in [7, 11) is 5.19. The number of ether oxygens (including phenoxy) is 6. The van der Waals surface area contributed by atoms with E-state index in [9.17, 15) is 35.5 Å². The first kappa shape index (κ1) is 44.9. The quantitative estimate of drug-likeness (QED) is 0.125. The molecule has 15 nitrogen and oxygen atoms in total. The van der Waals surface area contributed by atoms with Crippen molar-refractivity contribution in [1.82, 2.24) is 4.90 Å². The molecule has 3 aliphatic heterocycles. The fourth-order valence-corrected chi connectivity index (χ4v) is 8.61. The van der Waals surface area contributed by atoms with Gasteiger partial charge in [0.05, 0.1) is 53.4 Å². The molecule has 15 heteroatoms. The highest BCUT2D eigenvalue weighted by molar-refractivity contribution is 5.88. The van der Waals surface area contributed by atoms with Crippen molar-refractivity contribution in [1.29, 1.82) is 0 Å². The van der Waals surface area contributed by atoms with Gasteiger partial charge in [0.25, 0.3) is 0 Å². The Morgan fingerprint density at radius 3 is 2.08 bits per heavy atom. The van der Waals surface area contributed by atoms with Crippen molar-refractivity contribution in [2.45, 2.75) is 179 Å². The molecule has 0 aromatic heterocycles. The number of oxime groups is 1. The summed E-state index contributed by atoms with van der Waals surface area (Å²) in [4.78, 5) is 16.0. The van der Waals surface area contributed by atoms with Crippen LogP contribution in [0.15, 0.2) is 5.16 Å². The Morgan fingerprint density at radius 2 is 1.54 bits per heavy atom. The van der Waals surface area contributed by atoms with Gasteiger partial charge in [-0.15, -0.1) is 0 Å². The fraction of sp³-hybridized carbons (Fsp3) is 0.946. The zero-order valence-corrected chi connectivity index (χ0v) is 33.4. The molecule has 3 heterocycles. The number of rotatable bonds is 7. The van der Waals surface area contributed by atoms with Crippen molar-refractivity contribution in [2.24, 2.45) is 28.8 Å². The van der Waals surface area contributed by atoms with E-state index in [-0.39, 0.29) is 37.1 Å². The van der Waals surface area contributed by atoms with Crippen LogP contribution in [0.2, 0.25) is 0 Å². The molecule has 0 unspecified atom stereocenters. The molecular formula is C37H68N2O13. The molecule has 0 saturated carbocycles. The molecule has 0 aromatic carbocycles. The molecule has 304 valence electrons. The van der Waals surface area contributed by atoms with E-state index in [2.05, 4.69) is 5.16 Å². The van der Waals surface area contributed by atoms with Crippen molar-refractivity contribution in [3.05, 3.63) is 0 Å². The first-order chi connectivity index (χ1) is 24.0. The third kappa shape index (κ3) is 9.47. The average molecular weight is 749 g/mol. The Labute approximate surface area is 309 Å². The highest BCUT2D eigenvalue weighted by Crippen LogP contribution is 2.41. The van der Waals surface area contributed by atoms with E-state index >= 15 is 0 Å². The summed E-state index contributed by atoms with van der Waals surface area (Å²) in [6.45, 7) is 16.6. The maximum absolute atomic E-state index is 14.1. The molecular weight excluding hydrogens is 680 g/mol. The number of methoxy groups -OCH3 is 1. The van der Waals surface area contributed by atoms with Gasteiger partial charge in [0.15, 0.2) is 12.6 Å². The lowest BCUT2D eigenvalue weighted by Gasteiger charge is -2.49. The van der Waals surface area contributed by atoms with Crippen molar-refractivity contribution >= 4 is 11.7 Å². The maximum atomic E-state index is 14.1. The van der Waals surface area contributed by atoms with Gasteiger partial charge in [0.1, 0.15) is 23.9 Å². The minimum atomic E-state index is -1.97. The monoisotopic (exact) mass is 748 g/mol. The molecule has 18 atom stereocenters. The Balaban J connectivity index is 2.21. The highest BCUT2D eigenvalue weighted by Gasteiger charge is 2.53. The molecule has 0 aliphatic carbocycles. The van der Waals surface area contributed by atoms with Gasteiger partial charge in [-0.2, -0.15) is 0 Å². The van der Waals surface area contributed by atoms with Crippen molar-refractivity contribution < 1.29 is 64.0 Å². The maximum Gasteiger partial charge on any atom is 0.311 e. The first-order valence-corrected chi connectivity index (χ1v) is 18.7. The molecule has 3 saturated heterocycles. The molecule has 0 bridgehead atoms. The average Bonchev–Trinajstić information content (AvgIpc) is 3.06. The van der Waals surface area contributed by atoms with E-state index in [0.29, 0.717) is 6.42 Å². The smallest absolute Gasteiger partial charge is 0.311 e. The second-order valence-electron chi connectivity index (χ2n) is 16.6. The van der Waals surface area contributed by atoms with Crippen LogP contribution in [-0.2, 0) is 33.2 Å². The predicted octanol–water partition coefficient (Wildman–Crippen LogP) is 2.05. The van der Waals surface area contributed by atoms with E-state index in [1.54, 1.807) is 55.4 Å². The van der Waals surface area contributed by atoms with Gasteiger partial charge in [0.2, 0.25) is 0 Å². The molecule has 0 amide bonds. The van der Waals surface area contributed by atoms with Crippen LogP contribution in [0.25, 0.3) is 0 Å². The second kappa shape index (κ2) is 17.5. The number of nitrogens with zero attached hydrogens (tertiary/aromatic N) is 2.